The fraction of sp³-hybridized carbons (Fsp3) is 0.346. The predicted molar refractivity (Wildman–Crippen MR) is 126 cm³/mol. The third-order valence-electron chi connectivity index (χ3n) is 5.80. The second-order valence-corrected chi connectivity index (χ2v) is 8.08. The number of alkyl carbamates (subject to hydrolysis) is 1. The van der Waals surface area contributed by atoms with Crippen molar-refractivity contribution in [2.75, 3.05) is 6.61 Å². The van der Waals surface area contributed by atoms with Crippen LogP contribution >= 0.6 is 0 Å². The van der Waals surface area contributed by atoms with Crippen LogP contribution in [-0.2, 0) is 14.3 Å². The summed E-state index contributed by atoms with van der Waals surface area (Å²) in [4.78, 5) is 36.7. The molecule has 1 aliphatic rings. The predicted octanol–water partition coefficient (Wildman–Crippen LogP) is 4.23. The van der Waals surface area contributed by atoms with Crippen molar-refractivity contribution in [2.24, 2.45) is 0 Å². The highest BCUT2D eigenvalue weighted by atomic mass is 16.5. The number of aliphatic carboxylic acids is 1. The van der Waals surface area contributed by atoms with Crippen LogP contribution in [0.2, 0.25) is 0 Å². The van der Waals surface area contributed by atoms with Gasteiger partial charge in [-0.15, -0.1) is 6.58 Å². The van der Waals surface area contributed by atoms with Crippen molar-refractivity contribution in [3.8, 4) is 11.1 Å². The van der Waals surface area contributed by atoms with Crippen molar-refractivity contribution in [2.45, 2.75) is 50.6 Å². The maximum atomic E-state index is 12.7. The Bertz CT molecular complexity index is 974. The Labute approximate surface area is 193 Å². The topological polar surface area (TPSA) is 105 Å². The smallest absolute Gasteiger partial charge is 0.407 e. The zero-order valence-corrected chi connectivity index (χ0v) is 18.8. The molecule has 2 aromatic carbocycles. The van der Waals surface area contributed by atoms with Crippen LogP contribution in [0, 0.1) is 0 Å². The van der Waals surface area contributed by atoms with E-state index in [1.807, 2.05) is 43.3 Å². The first-order valence-corrected chi connectivity index (χ1v) is 11.2. The Kier molecular flexibility index (Phi) is 8.24. The molecule has 2 unspecified atom stereocenters. The lowest BCUT2D eigenvalue weighted by Gasteiger charge is -2.21. The van der Waals surface area contributed by atoms with Crippen LogP contribution in [0.1, 0.15) is 49.7 Å². The zero-order valence-electron chi connectivity index (χ0n) is 18.8. The van der Waals surface area contributed by atoms with Gasteiger partial charge in [0, 0.05) is 5.92 Å². The number of carboxylic acids is 1. The van der Waals surface area contributed by atoms with Gasteiger partial charge in [-0.2, -0.15) is 0 Å². The van der Waals surface area contributed by atoms with Gasteiger partial charge < -0.3 is 20.5 Å². The van der Waals surface area contributed by atoms with Crippen LogP contribution in [0.3, 0.4) is 0 Å². The molecule has 0 bridgehead atoms. The first-order chi connectivity index (χ1) is 16.0. The summed E-state index contributed by atoms with van der Waals surface area (Å²) >= 11 is 0. The van der Waals surface area contributed by atoms with Gasteiger partial charge in [0.05, 0.1) is 0 Å². The fourth-order valence-electron chi connectivity index (χ4n) is 4.15. The normalized spacial score (nSPS) is 13.8. The fourth-order valence-corrected chi connectivity index (χ4v) is 4.15. The Morgan fingerprint density at radius 2 is 1.61 bits per heavy atom. The maximum Gasteiger partial charge on any atom is 0.407 e. The number of ether oxygens (including phenoxy) is 1. The molecule has 3 N–H and O–H groups in total. The third-order valence-corrected chi connectivity index (χ3v) is 5.80. The molecule has 0 fully saturated rings. The number of benzene rings is 2. The van der Waals surface area contributed by atoms with E-state index in [0.29, 0.717) is 19.3 Å². The molecule has 0 heterocycles. The van der Waals surface area contributed by atoms with E-state index in [1.54, 1.807) is 6.08 Å². The van der Waals surface area contributed by atoms with Gasteiger partial charge >= 0.3 is 12.1 Å². The molecule has 2 aromatic rings. The minimum atomic E-state index is -1.12. The van der Waals surface area contributed by atoms with Crippen molar-refractivity contribution in [1.29, 1.82) is 0 Å². The molecule has 0 saturated heterocycles. The molecule has 33 heavy (non-hydrogen) atoms. The number of carbonyl (C=O) groups is 3. The first kappa shape index (κ1) is 24.0. The Morgan fingerprint density at radius 1 is 1.00 bits per heavy atom. The summed E-state index contributed by atoms with van der Waals surface area (Å²) in [6.45, 7) is 5.59. The highest BCUT2D eigenvalue weighted by molar-refractivity contribution is 5.89. The van der Waals surface area contributed by atoms with Crippen molar-refractivity contribution in [3.63, 3.8) is 0 Å². The van der Waals surface area contributed by atoms with E-state index >= 15 is 0 Å². The molecular weight excluding hydrogens is 420 g/mol. The first-order valence-electron chi connectivity index (χ1n) is 11.2. The van der Waals surface area contributed by atoms with Crippen molar-refractivity contribution in [3.05, 3.63) is 72.3 Å². The number of carbonyl (C=O) groups excluding carboxylic acids is 2. The highest BCUT2D eigenvalue weighted by Gasteiger charge is 2.30. The van der Waals surface area contributed by atoms with Crippen LogP contribution in [0.5, 0.6) is 0 Å². The molecule has 2 amide bonds. The second-order valence-electron chi connectivity index (χ2n) is 8.08. The van der Waals surface area contributed by atoms with Crippen LogP contribution in [0.4, 0.5) is 4.79 Å². The van der Waals surface area contributed by atoms with Crippen LogP contribution in [0.15, 0.2) is 61.2 Å². The molecule has 0 radical (unpaired) electrons. The molecule has 0 spiro atoms. The van der Waals surface area contributed by atoms with E-state index in [1.165, 1.54) is 0 Å². The van der Waals surface area contributed by atoms with Crippen molar-refractivity contribution >= 4 is 18.0 Å². The average molecular weight is 451 g/mol. The standard InChI is InChI=1S/C26H30N2O5/c1-3-5-15-23(25(30)31)27-24(29)22(10-4-2)28-26(32)33-16-21-19-13-8-6-11-17(19)18-12-7-9-14-20(18)21/h3,6-9,11-14,21-23H,1,4-5,10,15-16H2,2H3,(H,27,29)(H,28,32)(H,30,31). The number of rotatable bonds is 11. The summed E-state index contributed by atoms with van der Waals surface area (Å²) < 4.78 is 5.52. The van der Waals surface area contributed by atoms with Gasteiger partial charge in [-0.05, 0) is 41.5 Å². The van der Waals surface area contributed by atoms with Gasteiger partial charge in [0.15, 0.2) is 0 Å². The number of hydrogen-bond acceptors (Lipinski definition) is 4. The average Bonchev–Trinajstić information content (AvgIpc) is 3.13. The summed E-state index contributed by atoms with van der Waals surface area (Å²) in [6, 6.07) is 14.2. The molecule has 0 aliphatic heterocycles. The lowest BCUT2D eigenvalue weighted by Crippen LogP contribution is -2.51. The van der Waals surface area contributed by atoms with Gasteiger partial charge in [-0.1, -0.05) is 68.0 Å². The quantitative estimate of drug-likeness (QED) is 0.445. The van der Waals surface area contributed by atoms with Crippen LogP contribution < -0.4 is 10.6 Å². The number of allylic oxidation sites excluding steroid dienone is 1. The number of fused-ring (bicyclic) bond motifs is 3. The molecule has 0 saturated carbocycles. The summed E-state index contributed by atoms with van der Waals surface area (Å²) in [5.74, 6) is -1.75. The molecule has 7 nitrogen and oxygen atoms in total. The SMILES string of the molecule is C=CCCC(NC(=O)C(CCC)NC(=O)OCC1c2ccccc2-c2ccccc21)C(=O)O. The Balaban J connectivity index is 1.63. The van der Waals surface area contributed by atoms with E-state index in [0.717, 1.165) is 22.3 Å². The molecule has 0 aromatic heterocycles. The van der Waals surface area contributed by atoms with E-state index < -0.39 is 30.1 Å². The third kappa shape index (κ3) is 5.80. The Morgan fingerprint density at radius 3 is 2.15 bits per heavy atom. The van der Waals surface area contributed by atoms with Gasteiger partial charge in [0.2, 0.25) is 5.91 Å². The van der Waals surface area contributed by atoms with Gasteiger partial charge in [0.1, 0.15) is 18.7 Å². The maximum absolute atomic E-state index is 12.7. The molecule has 7 heteroatoms. The van der Waals surface area contributed by atoms with E-state index in [-0.39, 0.29) is 18.9 Å². The highest BCUT2D eigenvalue weighted by Crippen LogP contribution is 2.44. The Hall–Kier alpha value is -3.61. The number of amides is 2. The molecule has 174 valence electrons. The van der Waals surface area contributed by atoms with E-state index in [4.69, 9.17) is 4.74 Å². The summed E-state index contributed by atoms with van der Waals surface area (Å²) in [5.41, 5.74) is 4.45. The van der Waals surface area contributed by atoms with Crippen LogP contribution in [0.25, 0.3) is 11.1 Å². The monoisotopic (exact) mass is 450 g/mol. The largest absolute Gasteiger partial charge is 0.480 e. The second kappa shape index (κ2) is 11.3. The van der Waals surface area contributed by atoms with Gasteiger partial charge in [-0.3, -0.25) is 4.79 Å². The minimum Gasteiger partial charge on any atom is -0.480 e. The molecular formula is C26H30N2O5. The van der Waals surface area contributed by atoms with E-state index in [2.05, 4.69) is 29.3 Å². The summed E-state index contributed by atoms with van der Waals surface area (Å²) in [7, 11) is 0. The zero-order chi connectivity index (χ0) is 23.8. The molecule has 3 rings (SSSR count). The van der Waals surface area contributed by atoms with Gasteiger partial charge in [-0.25, -0.2) is 9.59 Å². The van der Waals surface area contributed by atoms with Crippen LogP contribution in [-0.4, -0.2) is 41.8 Å². The van der Waals surface area contributed by atoms with E-state index in [9.17, 15) is 19.5 Å². The van der Waals surface area contributed by atoms with Gasteiger partial charge in [0.25, 0.3) is 0 Å². The number of hydrogen-bond donors (Lipinski definition) is 3. The lowest BCUT2D eigenvalue weighted by molar-refractivity contribution is -0.142. The minimum absolute atomic E-state index is 0.0862. The number of carboxylic acid groups (broad SMARTS) is 1. The number of nitrogens with one attached hydrogen (secondary N) is 2. The molecule has 1 aliphatic carbocycles. The van der Waals surface area contributed by atoms with Crippen molar-refractivity contribution in [1.82, 2.24) is 10.6 Å². The molecule has 2 atom stereocenters. The lowest BCUT2D eigenvalue weighted by atomic mass is 9.98. The summed E-state index contributed by atoms with van der Waals surface area (Å²) in [5, 5.41) is 14.5. The van der Waals surface area contributed by atoms with Crippen molar-refractivity contribution < 1.29 is 24.2 Å². The summed E-state index contributed by atoms with van der Waals surface area (Å²) in [6.07, 6.45) is 2.57.